The largest absolute Gasteiger partial charge is 0.497 e. The fourth-order valence-electron chi connectivity index (χ4n) is 1.83. The fraction of sp³-hybridized carbons (Fsp3) is 0.133. The van der Waals surface area contributed by atoms with E-state index in [0.29, 0.717) is 0 Å². The highest BCUT2D eigenvalue weighted by atomic mass is 19.1. The zero-order chi connectivity index (χ0) is 15.6. The van der Waals surface area contributed by atoms with Gasteiger partial charge in [-0.3, -0.25) is 4.79 Å². The zero-order valence-corrected chi connectivity index (χ0v) is 11.2. The van der Waals surface area contributed by atoms with Crippen LogP contribution < -0.4 is 9.47 Å². The SMILES string of the molecule is COc1ccc(C(=O)c2c(F)cc(OC)cc2F)c(F)c1. The second-order valence-corrected chi connectivity index (χ2v) is 4.14. The number of carbonyl (C=O) groups is 1. The van der Waals surface area contributed by atoms with Gasteiger partial charge in [0.05, 0.1) is 25.3 Å². The van der Waals surface area contributed by atoms with Crippen molar-refractivity contribution in [3.8, 4) is 11.5 Å². The predicted octanol–water partition coefficient (Wildman–Crippen LogP) is 3.35. The molecule has 0 amide bonds. The van der Waals surface area contributed by atoms with E-state index in [0.717, 1.165) is 24.3 Å². The predicted molar refractivity (Wildman–Crippen MR) is 69.3 cm³/mol. The highest BCUT2D eigenvalue weighted by molar-refractivity contribution is 6.09. The topological polar surface area (TPSA) is 35.5 Å². The maximum absolute atomic E-state index is 13.8. The van der Waals surface area contributed by atoms with Gasteiger partial charge < -0.3 is 9.47 Å². The number of ketones is 1. The van der Waals surface area contributed by atoms with Gasteiger partial charge in [-0.05, 0) is 12.1 Å². The van der Waals surface area contributed by atoms with Crippen LogP contribution in [0.1, 0.15) is 15.9 Å². The number of ether oxygens (including phenoxy) is 2. The van der Waals surface area contributed by atoms with Crippen molar-refractivity contribution in [3.63, 3.8) is 0 Å². The van der Waals surface area contributed by atoms with Crippen LogP contribution in [0, 0.1) is 17.5 Å². The van der Waals surface area contributed by atoms with Gasteiger partial charge in [-0.2, -0.15) is 0 Å². The summed E-state index contributed by atoms with van der Waals surface area (Å²) >= 11 is 0. The molecule has 2 aromatic rings. The molecule has 0 heterocycles. The van der Waals surface area contributed by atoms with Gasteiger partial charge in [-0.25, -0.2) is 13.2 Å². The maximum Gasteiger partial charge on any atom is 0.201 e. The van der Waals surface area contributed by atoms with E-state index >= 15 is 0 Å². The van der Waals surface area contributed by atoms with Crippen molar-refractivity contribution in [2.24, 2.45) is 0 Å². The lowest BCUT2D eigenvalue weighted by molar-refractivity contribution is 0.102. The van der Waals surface area contributed by atoms with Gasteiger partial charge in [0.1, 0.15) is 29.0 Å². The Morgan fingerprint density at radius 2 is 1.38 bits per heavy atom. The first-order valence-corrected chi connectivity index (χ1v) is 5.89. The summed E-state index contributed by atoms with van der Waals surface area (Å²) in [4.78, 5) is 12.1. The van der Waals surface area contributed by atoms with Crippen LogP contribution in [-0.4, -0.2) is 20.0 Å². The van der Waals surface area contributed by atoms with Gasteiger partial charge in [0, 0.05) is 18.2 Å². The first kappa shape index (κ1) is 14.9. The Balaban J connectivity index is 2.50. The van der Waals surface area contributed by atoms with Gasteiger partial charge in [0.2, 0.25) is 5.78 Å². The fourth-order valence-corrected chi connectivity index (χ4v) is 1.83. The van der Waals surface area contributed by atoms with Crippen molar-refractivity contribution in [2.45, 2.75) is 0 Å². The van der Waals surface area contributed by atoms with Gasteiger partial charge in [-0.15, -0.1) is 0 Å². The first-order chi connectivity index (χ1) is 9.97. The van der Waals surface area contributed by atoms with Crippen LogP contribution in [-0.2, 0) is 0 Å². The third-order valence-electron chi connectivity index (χ3n) is 2.90. The zero-order valence-electron chi connectivity index (χ0n) is 11.2. The van der Waals surface area contributed by atoms with E-state index in [1.54, 1.807) is 0 Å². The minimum Gasteiger partial charge on any atom is -0.497 e. The standard InChI is InChI=1S/C15H11F3O3/c1-20-8-3-4-10(11(16)5-8)15(19)14-12(17)6-9(21-2)7-13(14)18/h3-7H,1-2H3. The molecule has 0 N–H and O–H groups in total. The van der Waals surface area contributed by atoms with E-state index < -0.39 is 34.4 Å². The Bertz CT molecular complexity index is 676. The maximum atomic E-state index is 13.8. The van der Waals surface area contributed by atoms with Gasteiger partial charge in [-0.1, -0.05) is 0 Å². The van der Waals surface area contributed by atoms with Crippen molar-refractivity contribution in [1.82, 2.24) is 0 Å². The number of carbonyl (C=O) groups excluding carboxylic acids is 1. The number of benzene rings is 2. The molecule has 0 spiro atoms. The third-order valence-corrected chi connectivity index (χ3v) is 2.90. The smallest absolute Gasteiger partial charge is 0.201 e. The van der Waals surface area contributed by atoms with Crippen molar-refractivity contribution >= 4 is 5.78 Å². The van der Waals surface area contributed by atoms with E-state index in [2.05, 4.69) is 4.74 Å². The van der Waals surface area contributed by atoms with Crippen LogP contribution in [0.5, 0.6) is 11.5 Å². The Morgan fingerprint density at radius 3 is 1.86 bits per heavy atom. The summed E-state index contributed by atoms with van der Waals surface area (Å²) in [5.41, 5.74) is -1.28. The van der Waals surface area contributed by atoms with Crippen molar-refractivity contribution in [3.05, 3.63) is 58.9 Å². The van der Waals surface area contributed by atoms with Crippen LogP contribution in [0.2, 0.25) is 0 Å². The number of halogens is 3. The average molecular weight is 296 g/mol. The van der Waals surface area contributed by atoms with Crippen molar-refractivity contribution in [1.29, 1.82) is 0 Å². The molecular weight excluding hydrogens is 285 g/mol. The summed E-state index contributed by atoms with van der Waals surface area (Å²) in [6, 6.07) is 5.12. The first-order valence-electron chi connectivity index (χ1n) is 5.89. The Labute approximate surface area is 118 Å². The Kier molecular flexibility index (Phi) is 4.16. The molecule has 0 saturated heterocycles. The monoisotopic (exact) mass is 296 g/mol. The van der Waals surface area contributed by atoms with Gasteiger partial charge >= 0.3 is 0 Å². The van der Waals surface area contributed by atoms with E-state index in [1.807, 2.05) is 0 Å². The molecule has 0 fully saturated rings. The molecular formula is C15H11F3O3. The summed E-state index contributed by atoms with van der Waals surface area (Å²) in [6.07, 6.45) is 0. The molecule has 110 valence electrons. The average Bonchev–Trinajstić information content (AvgIpc) is 2.45. The lowest BCUT2D eigenvalue weighted by Crippen LogP contribution is -2.10. The van der Waals surface area contributed by atoms with Crippen LogP contribution >= 0.6 is 0 Å². The number of hydrogen-bond donors (Lipinski definition) is 0. The molecule has 0 unspecified atom stereocenters. The van der Waals surface area contributed by atoms with Crippen molar-refractivity contribution < 1.29 is 27.4 Å². The summed E-state index contributed by atoms with van der Waals surface area (Å²) < 4.78 is 50.9. The number of hydrogen-bond acceptors (Lipinski definition) is 3. The van der Waals surface area contributed by atoms with Gasteiger partial charge in [0.25, 0.3) is 0 Å². The van der Waals surface area contributed by atoms with Crippen LogP contribution in [0.25, 0.3) is 0 Å². The molecule has 0 aliphatic carbocycles. The van der Waals surface area contributed by atoms with Crippen molar-refractivity contribution in [2.75, 3.05) is 14.2 Å². The second kappa shape index (κ2) is 5.87. The molecule has 0 saturated carbocycles. The summed E-state index contributed by atoms with van der Waals surface area (Å²) in [5, 5.41) is 0. The lowest BCUT2D eigenvalue weighted by atomic mass is 10.0. The molecule has 0 aliphatic heterocycles. The quantitative estimate of drug-likeness (QED) is 0.812. The Hall–Kier alpha value is -2.50. The number of rotatable bonds is 4. The molecule has 2 rings (SSSR count). The third kappa shape index (κ3) is 2.84. The highest BCUT2D eigenvalue weighted by Gasteiger charge is 2.23. The minimum absolute atomic E-state index is 0.0725. The van der Waals surface area contributed by atoms with E-state index in [9.17, 15) is 18.0 Å². The van der Waals surface area contributed by atoms with Crippen LogP contribution in [0.15, 0.2) is 30.3 Å². The molecule has 0 aromatic heterocycles. The molecule has 21 heavy (non-hydrogen) atoms. The van der Waals surface area contributed by atoms with Gasteiger partial charge in [0.15, 0.2) is 0 Å². The molecule has 0 aliphatic rings. The second-order valence-electron chi connectivity index (χ2n) is 4.14. The normalized spacial score (nSPS) is 10.3. The molecule has 0 radical (unpaired) electrons. The summed E-state index contributed by atoms with van der Waals surface area (Å²) in [6.45, 7) is 0. The lowest BCUT2D eigenvalue weighted by Gasteiger charge is -2.08. The summed E-state index contributed by atoms with van der Waals surface area (Å²) in [7, 11) is 2.57. The molecule has 3 nitrogen and oxygen atoms in total. The number of methoxy groups -OCH3 is 2. The summed E-state index contributed by atoms with van der Waals surface area (Å²) in [5.74, 6) is -4.13. The van der Waals surface area contributed by atoms with Crippen LogP contribution in [0.4, 0.5) is 13.2 Å². The van der Waals surface area contributed by atoms with Crippen LogP contribution in [0.3, 0.4) is 0 Å². The molecule has 0 bridgehead atoms. The Morgan fingerprint density at radius 1 is 0.857 bits per heavy atom. The highest BCUT2D eigenvalue weighted by Crippen LogP contribution is 2.25. The van der Waals surface area contributed by atoms with E-state index in [1.165, 1.54) is 20.3 Å². The molecule has 2 aromatic carbocycles. The minimum atomic E-state index is -1.12. The molecule has 0 atom stereocenters. The molecule has 6 heteroatoms. The van der Waals surface area contributed by atoms with E-state index in [4.69, 9.17) is 4.74 Å². The van der Waals surface area contributed by atoms with E-state index in [-0.39, 0.29) is 11.5 Å².